The van der Waals surface area contributed by atoms with Crippen LogP contribution in [0.15, 0.2) is 48.6 Å². The Morgan fingerprint density at radius 3 is 1.79 bits per heavy atom. The minimum absolute atomic E-state index is 0.234. The van der Waals surface area contributed by atoms with Crippen molar-refractivity contribution in [1.29, 1.82) is 0 Å². The van der Waals surface area contributed by atoms with E-state index in [1.165, 1.54) is 18.2 Å². The predicted octanol–water partition coefficient (Wildman–Crippen LogP) is 1.72. The molecule has 0 saturated heterocycles. The average molecular weight is 601 g/mol. The van der Waals surface area contributed by atoms with Crippen molar-refractivity contribution in [3.63, 3.8) is 0 Å². The summed E-state index contributed by atoms with van der Waals surface area (Å²) in [5.41, 5.74) is -1.99. The first kappa shape index (κ1) is 32.1. The Bertz CT molecular complexity index is 1480. The topological polar surface area (TPSA) is 245 Å². The zero-order chi connectivity index (χ0) is 31.9. The molecule has 14 nitrogen and oxygen atoms in total. The van der Waals surface area contributed by atoms with Gasteiger partial charge >= 0.3 is 23.9 Å². The lowest BCUT2D eigenvalue weighted by Crippen LogP contribution is -2.58. The van der Waals surface area contributed by atoms with Gasteiger partial charge in [-0.05, 0) is 47.5 Å². The lowest BCUT2D eigenvalue weighted by Gasteiger charge is -2.42. The van der Waals surface area contributed by atoms with Crippen molar-refractivity contribution < 1.29 is 69.2 Å². The molecule has 2 aromatic carbocycles. The molecular weight excluding hydrogens is 572 g/mol. The maximum absolute atomic E-state index is 12.9. The Labute approximate surface area is 243 Å². The van der Waals surface area contributed by atoms with Crippen molar-refractivity contribution in [2.45, 2.75) is 43.5 Å². The fraction of sp³-hybridized carbons (Fsp3) is 0.276. The third kappa shape index (κ3) is 8.33. The molecule has 7 N–H and O–H groups in total. The molecule has 228 valence electrons. The lowest BCUT2D eigenvalue weighted by atomic mass is 9.72. The molecule has 0 aliphatic heterocycles. The van der Waals surface area contributed by atoms with Gasteiger partial charge in [-0.25, -0.2) is 14.4 Å². The maximum Gasteiger partial charge on any atom is 0.348 e. The van der Waals surface area contributed by atoms with Crippen LogP contribution in [-0.2, 0) is 33.4 Å². The van der Waals surface area contributed by atoms with Crippen LogP contribution < -0.4 is 0 Å². The SMILES string of the molecule is O=C(O)CCC(=O)[C@@H]1C[C@@](OC(=O)/C=C/c2ccc(O)c(O)c2)(C(=O)O)C[C@@H](OC(=O)/C=C/c2ccc(O)c(O)c2)[C@@H]1O. The Hall–Kier alpha value is -5.37. The number of phenols is 4. The van der Waals surface area contributed by atoms with Gasteiger partial charge in [0.25, 0.3) is 0 Å². The number of carboxylic acid groups (broad SMARTS) is 2. The number of benzene rings is 2. The molecule has 0 aromatic heterocycles. The van der Waals surface area contributed by atoms with Crippen molar-refractivity contribution in [2.24, 2.45) is 5.92 Å². The Morgan fingerprint density at radius 1 is 0.767 bits per heavy atom. The number of hydrogen-bond acceptors (Lipinski definition) is 12. The molecular formula is C29H28O14. The number of rotatable bonds is 11. The highest BCUT2D eigenvalue weighted by atomic mass is 16.6. The minimum Gasteiger partial charge on any atom is -0.504 e. The van der Waals surface area contributed by atoms with E-state index in [2.05, 4.69) is 0 Å². The molecule has 1 fully saturated rings. The van der Waals surface area contributed by atoms with Gasteiger partial charge in [0.05, 0.1) is 12.3 Å². The Morgan fingerprint density at radius 2 is 1.30 bits per heavy atom. The highest BCUT2D eigenvalue weighted by Crippen LogP contribution is 2.39. The summed E-state index contributed by atoms with van der Waals surface area (Å²) in [4.78, 5) is 61.6. The summed E-state index contributed by atoms with van der Waals surface area (Å²) in [7, 11) is 0. The molecule has 0 radical (unpaired) electrons. The number of ketones is 1. The van der Waals surface area contributed by atoms with Crippen molar-refractivity contribution in [3.8, 4) is 23.0 Å². The number of hydrogen-bond donors (Lipinski definition) is 7. The van der Waals surface area contributed by atoms with E-state index in [1.54, 1.807) is 0 Å². The zero-order valence-electron chi connectivity index (χ0n) is 22.3. The number of esters is 2. The van der Waals surface area contributed by atoms with E-state index in [9.17, 15) is 54.6 Å². The van der Waals surface area contributed by atoms with Gasteiger partial charge in [0.1, 0.15) is 18.0 Å². The van der Waals surface area contributed by atoms with E-state index < -0.39 is 102 Å². The van der Waals surface area contributed by atoms with Gasteiger partial charge in [-0.1, -0.05) is 12.1 Å². The molecule has 0 spiro atoms. The van der Waals surface area contributed by atoms with E-state index in [4.69, 9.17) is 14.6 Å². The molecule has 3 rings (SSSR count). The molecule has 0 bridgehead atoms. The molecule has 0 unspecified atom stereocenters. The summed E-state index contributed by atoms with van der Waals surface area (Å²) in [6.45, 7) is 0. The van der Waals surface area contributed by atoms with Crippen LogP contribution in [-0.4, -0.2) is 83.2 Å². The Balaban J connectivity index is 1.87. The summed E-state index contributed by atoms with van der Waals surface area (Å²) in [6.07, 6.45) is -2.19. The van der Waals surface area contributed by atoms with Crippen LogP contribution in [0.4, 0.5) is 0 Å². The summed E-state index contributed by atoms with van der Waals surface area (Å²) >= 11 is 0. The second-order valence-electron chi connectivity index (χ2n) is 9.72. The monoisotopic (exact) mass is 600 g/mol. The number of carbonyl (C=O) groups is 5. The largest absolute Gasteiger partial charge is 0.504 e. The first-order chi connectivity index (χ1) is 20.2. The quantitative estimate of drug-likeness (QED) is 0.110. The highest BCUT2D eigenvalue weighted by Gasteiger charge is 2.56. The van der Waals surface area contributed by atoms with Crippen LogP contribution in [0.2, 0.25) is 0 Å². The molecule has 2 aromatic rings. The number of Topliss-reactive ketones (excluding diaryl/α,β-unsaturated/α-hetero) is 1. The average Bonchev–Trinajstić information content (AvgIpc) is 2.94. The highest BCUT2D eigenvalue weighted by molar-refractivity contribution is 5.92. The van der Waals surface area contributed by atoms with Gasteiger partial charge < -0.3 is 45.2 Å². The van der Waals surface area contributed by atoms with Crippen LogP contribution in [0.5, 0.6) is 23.0 Å². The second-order valence-corrected chi connectivity index (χ2v) is 9.72. The fourth-order valence-electron chi connectivity index (χ4n) is 4.43. The normalized spacial score (nSPS) is 21.8. The summed E-state index contributed by atoms with van der Waals surface area (Å²) in [5, 5.41) is 68.0. The number of carbonyl (C=O) groups excluding carboxylic acids is 3. The van der Waals surface area contributed by atoms with Crippen LogP contribution in [0, 0.1) is 5.92 Å². The fourth-order valence-corrected chi connectivity index (χ4v) is 4.43. The van der Waals surface area contributed by atoms with Gasteiger partial charge in [0.15, 0.2) is 23.0 Å². The van der Waals surface area contributed by atoms with Crippen molar-refractivity contribution in [1.82, 2.24) is 0 Å². The Kier molecular flexibility index (Phi) is 10.1. The van der Waals surface area contributed by atoms with Gasteiger partial charge in [-0.2, -0.15) is 0 Å². The first-order valence-corrected chi connectivity index (χ1v) is 12.7. The third-order valence-electron chi connectivity index (χ3n) is 6.65. The van der Waals surface area contributed by atoms with Crippen LogP contribution in [0.25, 0.3) is 12.2 Å². The molecule has 0 heterocycles. The summed E-state index contributed by atoms with van der Waals surface area (Å²) in [5.74, 6) is -9.59. The molecule has 1 aliphatic rings. The molecule has 43 heavy (non-hydrogen) atoms. The van der Waals surface area contributed by atoms with Crippen molar-refractivity contribution >= 4 is 41.8 Å². The first-order valence-electron chi connectivity index (χ1n) is 12.7. The summed E-state index contributed by atoms with van der Waals surface area (Å²) in [6, 6.07) is 7.24. The van der Waals surface area contributed by atoms with E-state index in [-0.39, 0.29) is 11.1 Å². The number of aromatic hydroxyl groups is 4. The summed E-state index contributed by atoms with van der Waals surface area (Å²) < 4.78 is 10.5. The van der Waals surface area contributed by atoms with E-state index in [0.29, 0.717) is 0 Å². The van der Waals surface area contributed by atoms with Gasteiger partial charge in [0, 0.05) is 31.4 Å². The number of aliphatic hydroxyl groups excluding tert-OH is 1. The molecule has 1 aliphatic carbocycles. The lowest BCUT2D eigenvalue weighted by molar-refractivity contribution is -0.201. The standard InChI is InChI=1S/C29H28O14/c30-18(7-8-24(35)36)17-13-29(28(40)41,43-26(38)10-4-16-2-6-20(32)22(34)12-16)14-23(27(17)39)42-25(37)9-3-15-1-5-19(31)21(33)11-15/h1-6,9-12,17,23,27,31-34,39H,7-8,13-14H2,(H,35,36)(H,40,41)/b9-3+,10-4+/t17-,23+,27+,29-/m0/s1. The van der Waals surface area contributed by atoms with Crippen LogP contribution in [0.3, 0.4) is 0 Å². The molecule has 0 amide bonds. The predicted molar refractivity (Wildman–Crippen MR) is 145 cm³/mol. The van der Waals surface area contributed by atoms with Crippen molar-refractivity contribution in [2.75, 3.05) is 0 Å². The van der Waals surface area contributed by atoms with E-state index >= 15 is 0 Å². The van der Waals surface area contributed by atoms with E-state index in [0.717, 1.165) is 42.5 Å². The van der Waals surface area contributed by atoms with E-state index in [1.807, 2.05) is 0 Å². The number of aliphatic hydroxyl groups is 1. The number of ether oxygens (including phenoxy) is 2. The smallest absolute Gasteiger partial charge is 0.348 e. The maximum atomic E-state index is 12.9. The zero-order valence-corrected chi connectivity index (χ0v) is 22.3. The molecule has 14 heteroatoms. The van der Waals surface area contributed by atoms with Gasteiger partial charge in [-0.15, -0.1) is 0 Å². The number of phenolic OH excluding ortho intramolecular Hbond substituents is 4. The third-order valence-corrected chi connectivity index (χ3v) is 6.65. The van der Waals surface area contributed by atoms with Crippen LogP contribution >= 0.6 is 0 Å². The van der Waals surface area contributed by atoms with Crippen molar-refractivity contribution in [3.05, 3.63) is 59.7 Å². The number of aliphatic carboxylic acids is 2. The second kappa shape index (κ2) is 13.5. The van der Waals surface area contributed by atoms with Gasteiger partial charge in [-0.3, -0.25) is 9.59 Å². The molecule has 4 atom stereocenters. The molecule has 1 saturated carbocycles. The van der Waals surface area contributed by atoms with Gasteiger partial charge in [0.2, 0.25) is 5.60 Å². The van der Waals surface area contributed by atoms with Crippen LogP contribution in [0.1, 0.15) is 36.8 Å². The number of carboxylic acids is 2. The minimum atomic E-state index is -2.49.